The standard InChI is InChI=1S/C15H29N3O3/c1-12(2)6-7-16-13(19)17-8-10-18(11-9-17)14(20)21-15(3,4)5/h12H,6-11H2,1-5H3,(H,16,19). The molecule has 21 heavy (non-hydrogen) atoms. The van der Waals surface area contributed by atoms with E-state index in [-0.39, 0.29) is 12.1 Å². The maximum Gasteiger partial charge on any atom is 0.410 e. The molecule has 6 heteroatoms. The Morgan fingerprint density at radius 1 is 1.10 bits per heavy atom. The predicted octanol–water partition coefficient (Wildman–Crippen LogP) is 2.29. The molecule has 122 valence electrons. The zero-order valence-electron chi connectivity index (χ0n) is 13.9. The molecule has 0 bridgehead atoms. The SMILES string of the molecule is CC(C)CCNC(=O)N1CCN(C(=O)OC(C)(C)C)CC1. The first-order chi connectivity index (χ1) is 9.69. The minimum atomic E-state index is -0.484. The van der Waals surface area contributed by atoms with E-state index in [1.54, 1.807) is 9.80 Å². The molecular formula is C15H29N3O3. The minimum absolute atomic E-state index is 0.0421. The molecule has 1 N–H and O–H groups in total. The van der Waals surface area contributed by atoms with E-state index < -0.39 is 5.60 Å². The van der Waals surface area contributed by atoms with Crippen molar-refractivity contribution in [2.75, 3.05) is 32.7 Å². The van der Waals surface area contributed by atoms with Gasteiger partial charge in [-0.1, -0.05) is 13.8 Å². The van der Waals surface area contributed by atoms with E-state index in [2.05, 4.69) is 19.2 Å². The van der Waals surface area contributed by atoms with Crippen molar-refractivity contribution in [2.24, 2.45) is 5.92 Å². The molecule has 1 aliphatic rings. The first-order valence-electron chi connectivity index (χ1n) is 7.70. The summed E-state index contributed by atoms with van der Waals surface area (Å²) in [4.78, 5) is 27.3. The molecule has 0 saturated carbocycles. The van der Waals surface area contributed by atoms with Crippen LogP contribution < -0.4 is 5.32 Å². The fourth-order valence-corrected chi connectivity index (χ4v) is 2.00. The number of nitrogens with one attached hydrogen (secondary N) is 1. The molecule has 6 nitrogen and oxygen atoms in total. The van der Waals surface area contributed by atoms with Gasteiger partial charge in [-0.05, 0) is 33.1 Å². The van der Waals surface area contributed by atoms with Crippen LogP contribution in [0.25, 0.3) is 0 Å². The molecule has 0 radical (unpaired) electrons. The van der Waals surface area contributed by atoms with Crippen LogP contribution in [-0.2, 0) is 4.74 Å². The summed E-state index contributed by atoms with van der Waals surface area (Å²) in [5.74, 6) is 0.578. The van der Waals surface area contributed by atoms with Crippen LogP contribution in [-0.4, -0.2) is 60.2 Å². The Hall–Kier alpha value is -1.46. The van der Waals surface area contributed by atoms with E-state index in [4.69, 9.17) is 4.74 Å². The molecule has 1 fully saturated rings. The molecule has 1 rings (SSSR count). The topological polar surface area (TPSA) is 61.9 Å². The molecule has 0 aliphatic carbocycles. The lowest BCUT2D eigenvalue weighted by Gasteiger charge is -2.35. The Morgan fingerprint density at radius 2 is 1.62 bits per heavy atom. The Kier molecular flexibility index (Phi) is 6.30. The Balaban J connectivity index is 2.31. The fraction of sp³-hybridized carbons (Fsp3) is 0.867. The summed E-state index contributed by atoms with van der Waals surface area (Å²) in [6, 6.07) is -0.0421. The average Bonchev–Trinajstić information content (AvgIpc) is 2.36. The molecule has 0 atom stereocenters. The first-order valence-corrected chi connectivity index (χ1v) is 7.70. The van der Waals surface area contributed by atoms with Crippen LogP contribution in [0.3, 0.4) is 0 Å². The lowest BCUT2D eigenvalue weighted by molar-refractivity contribution is 0.0170. The van der Waals surface area contributed by atoms with Gasteiger partial charge in [0.15, 0.2) is 0 Å². The summed E-state index contributed by atoms with van der Waals surface area (Å²) >= 11 is 0. The second kappa shape index (κ2) is 7.52. The molecule has 0 aromatic carbocycles. The third-order valence-corrected chi connectivity index (χ3v) is 3.22. The summed E-state index contributed by atoms with van der Waals surface area (Å²) in [5.41, 5.74) is -0.484. The van der Waals surface area contributed by atoms with Gasteiger partial charge < -0.3 is 19.9 Å². The van der Waals surface area contributed by atoms with Gasteiger partial charge in [-0.2, -0.15) is 0 Å². The van der Waals surface area contributed by atoms with Crippen LogP contribution in [0.1, 0.15) is 41.0 Å². The molecule has 0 unspecified atom stereocenters. The minimum Gasteiger partial charge on any atom is -0.444 e. The summed E-state index contributed by atoms with van der Waals surface area (Å²) in [6.45, 7) is 12.6. The van der Waals surface area contributed by atoms with Gasteiger partial charge in [-0.25, -0.2) is 9.59 Å². The number of hydrogen-bond donors (Lipinski definition) is 1. The summed E-state index contributed by atoms with van der Waals surface area (Å²) in [6.07, 6.45) is 0.672. The Morgan fingerprint density at radius 3 is 2.10 bits per heavy atom. The number of hydrogen-bond acceptors (Lipinski definition) is 3. The van der Waals surface area contributed by atoms with Crippen LogP contribution >= 0.6 is 0 Å². The van der Waals surface area contributed by atoms with Gasteiger partial charge in [-0.15, -0.1) is 0 Å². The smallest absolute Gasteiger partial charge is 0.410 e. The van der Waals surface area contributed by atoms with Crippen molar-refractivity contribution in [3.8, 4) is 0 Å². The highest BCUT2D eigenvalue weighted by Crippen LogP contribution is 2.11. The zero-order chi connectivity index (χ0) is 16.0. The van der Waals surface area contributed by atoms with Gasteiger partial charge in [0.25, 0.3) is 0 Å². The molecule has 0 spiro atoms. The lowest BCUT2D eigenvalue weighted by Crippen LogP contribution is -2.54. The van der Waals surface area contributed by atoms with Crippen LogP contribution in [0, 0.1) is 5.92 Å². The maximum atomic E-state index is 12.0. The number of ether oxygens (including phenoxy) is 1. The molecule has 0 aromatic rings. The normalized spacial score (nSPS) is 16.1. The van der Waals surface area contributed by atoms with Crippen molar-refractivity contribution in [1.29, 1.82) is 0 Å². The second-order valence-corrected chi connectivity index (χ2v) is 6.87. The lowest BCUT2D eigenvalue weighted by atomic mass is 10.1. The average molecular weight is 299 g/mol. The summed E-state index contributed by atoms with van der Waals surface area (Å²) in [5, 5.41) is 2.92. The number of carbonyl (C=O) groups excluding carboxylic acids is 2. The van der Waals surface area contributed by atoms with E-state index in [0.29, 0.717) is 38.6 Å². The molecular weight excluding hydrogens is 270 g/mol. The van der Waals surface area contributed by atoms with Crippen LogP contribution in [0.2, 0.25) is 0 Å². The molecule has 3 amide bonds. The van der Waals surface area contributed by atoms with Gasteiger partial charge in [-0.3, -0.25) is 0 Å². The van der Waals surface area contributed by atoms with E-state index in [9.17, 15) is 9.59 Å². The van der Waals surface area contributed by atoms with E-state index >= 15 is 0 Å². The highest BCUT2D eigenvalue weighted by atomic mass is 16.6. The highest BCUT2D eigenvalue weighted by Gasteiger charge is 2.27. The van der Waals surface area contributed by atoms with E-state index in [0.717, 1.165) is 6.42 Å². The van der Waals surface area contributed by atoms with Crippen molar-refractivity contribution in [2.45, 2.75) is 46.6 Å². The van der Waals surface area contributed by atoms with Crippen molar-refractivity contribution < 1.29 is 14.3 Å². The Bertz CT molecular complexity index is 356. The number of rotatable bonds is 3. The molecule has 0 aromatic heterocycles. The fourth-order valence-electron chi connectivity index (χ4n) is 2.00. The van der Waals surface area contributed by atoms with Crippen molar-refractivity contribution >= 4 is 12.1 Å². The van der Waals surface area contributed by atoms with Gasteiger partial charge in [0.05, 0.1) is 0 Å². The molecule has 1 saturated heterocycles. The van der Waals surface area contributed by atoms with Gasteiger partial charge in [0.1, 0.15) is 5.60 Å². The van der Waals surface area contributed by atoms with Crippen molar-refractivity contribution in [1.82, 2.24) is 15.1 Å². The van der Waals surface area contributed by atoms with Crippen molar-refractivity contribution in [3.05, 3.63) is 0 Å². The van der Waals surface area contributed by atoms with Crippen LogP contribution in [0.4, 0.5) is 9.59 Å². The van der Waals surface area contributed by atoms with Gasteiger partial charge in [0.2, 0.25) is 0 Å². The second-order valence-electron chi connectivity index (χ2n) is 6.87. The summed E-state index contributed by atoms with van der Waals surface area (Å²) in [7, 11) is 0. The molecule has 1 aliphatic heterocycles. The van der Waals surface area contributed by atoms with Gasteiger partial charge >= 0.3 is 12.1 Å². The quantitative estimate of drug-likeness (QED) is 0.869. The number of amides is 3. The number of nitrogens with zero attached hydrogens (tertiary/aromatic N) is 2. The van der Waals surface area contributed by atoms with E-state index in [1.165, 1.54) is 0 Å². The third kappa shape index (κ3) is 6.69. The highest BCUT2D eigenvalue weighted by molar-refractivity contribution is 5.75. The maximum absolute atomic E-state index is 12.0. The number of carbonyl (C=O) groups is 2. The van der Waals surface area contributed by atoms with E-state index in [1.807, 2.05) is 20.8 Å². The monoisotopic (exact) mass is 299 g/mol. The number of piperazine rings is 1. The zero-order valence-corrected chi connectivity index (χ0v) is 13.9. The van der Waals surface area contributed by atoms with Crippen LogP contribution in [0.15, 0.2) is 0 Å². The summed E-state index contributed by atoms with van der Waals surface area (Å²) < 4.78 is 5.33. The van der Waals surface area contributed by atoms with Crippen LogP contribution in [0.5, 0.6) is 0 Å². The number of urea groups is 1. The van der Waals surface area contributed by atoms with Crippen molar-refractivity contribution in [3.63, 3.8) is 0 Å². The predicted molar refractivity (Wildman–Crippen MR) is 82.2 cm³/mol. The first kappa shape index (κ1) is 17.6. The third-order valence-electron chi connectivity index (χ3n) is 3.22. The Labute approximate surface area is 127 Å². The largest absolute Gasteiger partial charge is 0.444 e. The molecule has 1 heterocycles. The van der Waals surface area contributed by atoms with Gasteiger partial charge in [0, 0.05) is 32.7 Å².